The number of ether oxygens (including phenoxy) is 1. The predicted molar refractivity (Wildman–Crippen MR) is 72.6 cm³/mol. The van der Waals surface area contributed by atoms with E-state index in [2.05, 4.69) is 14.1 Å². The van der Waals surface area contributed by atoms with E-state index in [4.69, 9.17) is 0 Å². The third-order valence-electron chi connectivity index (χ3n) is 2.73. The number of amides is 1. The molecule has 1 aromatic carbocycles. The van der Waals surface area contributed by atoms with Gasteiger partial charge in [-0.25, -0.2) is 0 Å². The third kappa shape index (κ3) is 4.72. The van der Waals surface area contributed by atoms with Crippen LogP contribution < -0.4 is 10.1 Å². The molecule has 0 aliphatic rings. The van der Waals surface area contributed by atoms with Crippen molar-refractivity contribution < 1.29 is 49.8 Å². The molecule has 0 saturated heterocycles. The Hall–Kier alpha value is -2.71. The van der Waals surface area contributed by atoms with Crippen molar-refractivity contribution in [3.05, 3.63) is 29.6 Å². The number of nitrogens with one attached hydrogen (secondary N) is 1. The first-order chi connectivity index (χ1) is 12.2. The molecule has 1 amide bonds. The topological polar surface area (TPSA) is 84.3 Å². The van der Waals surface area contributed by atoms with Crippen molar-refractivity contribution in [2.75, 3.05) is 5.32 Å². The standard InChI is InChI=1S/C12H5F8N3O3S/c13-10(14,11(15,16)17)8-22-9(27-23-8)21-7(25)4-1-2-6(5(24)3-4)26-12(18,19)20/h1-3,24H,(H,21,22,23,25). The quantitative estimate of drug-likeness (QED) is 0.725. The Morgan fingerprint density at radius 3 is 2.26 bits per heavy atom. The highest BCUT2D eigenvalue weighted by atomic mass is 32.1. The van der Waals surface area contributed by atoms with E-state index < -0.39 is 52.4 Å². The van der Waals surface area contributed by atoms with Crippen LogP contribution in [0.15, 0.2) is 18.2 Å². The Labute approximate surface area is 147 Å². The second kappa shape index (κ2) is 6.79. The van der Waals surface area contributed by atoms with Crippen LogP contribution in [0.4, 0.5) is 40.3 Å². The molecule has 0 aliphatic carbocycles. The van der Waals surface area contributed by atoms with Crippen molar-refractivity contribution in [3.63, 3.8) is 0 Å². The normalized spacial score (nSPS) is 12.7. The number of hydrogen-bond acceptors (Lipinski definition) is 6. The van der Waals surface area contributed by atoms with Crippen LogP contribution in [-0.2, 0) is 5.92 Å². The van der Waals surface area contributed by atoms with Gasteiger partial charge in [-0.1, -0.05) is 0 Å². The van der Waals surface area contributed by atoms with Crippen LogP contribution in [0.2, 0.25) is 0 Å². The van der Waals surface area contributed by atoms with Crippen LogP contribution in [0.25, 0.3) is 0 Å². The average Bonchev–Trinajstić information content (AvgIpc) is 2.96. The molecular formula is C12H5F8N3O3S. The summed E-state index contributed by atoms with van der Waals surface area (Å²) in [5.41, 5.74) is -0.457. The van der Waals surface area contributed by atoms with E-state index in [-0.39, 0.29) is 11.5 Å². The monoisotopic (exact) mass is 423 g/mol. The first-order valence-electron chi connectivity index (χ1n) is 6.39. The molecule has 0 radical (unpaired) electrons. The minimum atomic E-state index is -5.95. The fourth-order valence-corrected chi connectivity index (χ4v) is 2.16. The van der Waals surface area contributed by atoms with Crippen LogP contribution in [0.1, 0.15) is 16.2 Å². The van der Waals surface area contributed by atoms with E-state index in [1.807, 2.05) is 5.32 Å². The van der Waals surface area contributed by atoms with E-state index >= 15 is 0 Å². The summed E-state index contributed by atoms with van der Waals surface area (Å²) in [6.45, 7) is 0. The molecule has 1 heterocycles. The molecule has 0 aliphatic heterocycles. The second-order valence-electron chi connectivity index (χ2n) is 4.68. The Morgan fingerprint density at radius 2 is 1.74 bits per heavy atom. The molecule has 2 aromatic rings. The van der Waals surface area contributed by atoms with E-state index in [9.17, 15) is 45.0 Å². The zero-order valence-corrected chi connectivity index (χ0v) is 13.1. The number of nitrogens with zero attached hydrogens (tertiary/aromatic N) is 2. The number of carbonyl (C=O) groups excluding carboxylic acids is 1. The lowest BCUT2D eigenvalue weighted by molar-refractivity contribution is -0.292. The lowest BCUT2D eigenvalue weighted by Gasteiger charge is -2.15. The molecule has 0 spiro atoms. The van der Waals surface area contributed by atoms with Crippen LogP contribution in [0, 0.1) is 0 Å². The van der Waals surface area contributed by atoms with Crippen molar-refractivity contribution >= 4 is 22.6 Å². The molecule has 148 valence electrons. The number of rotatable bonds is 4. The highest BCUT2D eigenvalue weighted by Gasteiger charge is 2.61. The molecule has 6 nitrogen and oxygen atoms in total. The molecule has 0 fully saturated rings. The third-order valence-corrected chi connectivity index (χ3v) is 3.36. The number of carbonyl (C=O) groups is 1. The van der Waals surface area contributed by atoms with Crippen LogP contribution >= 0.6 is 11.5 Å². The van der Waals surface area contributed by atoms with Gasteiger partial charge in [0.2, 0.25) is 11.0 Å². The van der Waals surface area contributed by atoms with Gasteiger partial charge in [-0.2, -0.15) is 31.3 Å². The van der Waals surface area contributed by atoms with E-state index in [1.165, 1.54) is 0 Å². The highest BCUT2D eigenvalue weighted by Crippen LogP contribution is 2.43. The van der Waals surface area contributed by atoms with Gasteiger partial charge in [0, 0.05) is 17.1 Å². The summed E-state index contributed by atoms with van der Waals surface area (Å²) in [6.07, 6.45) is -11.1. The lowest BCUT2D eigenvalue weighted by atomic mass is 10.2. The number of aromatic hydroxyl groups is 1. The van der Waals surface area contributed by atoms with Gasteiger partial charge in [-0.3, -0.25) is 10.1 Å². The maximum atomic E-state index is 13.1. The maximum absolute atomic E-state index is 13.1. The first-order valence-corrected chi connectivity index (χ1v) is 7.17. The largest absolute Gasteiger partial charge is 0.573 e. The number of benzene rings is 1. The highest BCUT2D eigenvalue weighted by molar-refractivity contribution is 7.09. The maximum Gasteiger partial charge on any atom is 0.573 e. The predicted octanol–water partition coefficient (Wildman–Crippen LogP) is 4.05. The number of halogens is 8. The zero-order valence-electron chi connectivity index (χ0n) is 12.3. The van der Waals surface area contributed by atoms with Crippen molar-refractivity contribution in [1.82, 2.24) is 9.36 Å². The number of phenolic OH excluding ortho intramolecular Hbond substituents is 1. The molecule has 0 saturated carbocycles. The summed E-state index contributed by atoms with van der Waals surface area (Å²) in [6, 6.07) is 1.94. The van der Waals surface area contributed by atoms with E-state index in [0.29, 0.717) is 12.1 Å². The van der Waals surface area contributed by atoms with Gasteiger partial charge in [-0.05, 0) is 18.2 Å². The van der Waals surface area contributed by atoms with Gasteiger partial charge in [0.15, 0.2) is 11.5 Å². The van der Waals surface area contributed by atoms with Crippen LogP contribution in [0.3, 0.4) is 0 Å². The molecule has 2 rings (SSSR count). The summed E-state index contributed by atoms with van der Waals surface area (Å²) in [7, 11) is 0. The van der Waals surface area contributed by atoms with Crippen LogP contribution in [-0.4, -0.2) is 32.9 Å². The molecule has 0 atom stereocenters. The SMILES string of the molecule is O=C(Nc1nc(C(F)(F)C(F)(F)F)ns1)c1ccc(OC(F)(F)F)c(O)c1. The van der Waals surface area contributed by atoms with E-state index in [0.717, 1.165) is 6.07 Å². The number of anilines is 1. The fourth-order valence-electron chi connectivity index (χ4n) is 1.57. The zero-order chi connectivity index (χ0) is 20.6. The molecule has 15 heteroatoms. The fraction of sp³-hybridized carbons (Fsp3) is 0.250. The Kier molecular flexibility index (Phi) is 5.18. The van der Waals surface area contributed by atoms with Gasteiger partial charge in [0.25, 0.3) is 5.91 Å². The summed E-state index contributed by atoms with van der Waals surface area (Å²) < 4.78 is 105. The van der Waals surface area contributed by atoms with Crippen LogP contribution in [0.5, 0.6) is 11.5 Å². The van der Waals surface area contributed by atoms with E-state index in [1.54, 1.807) is 0 Å². The molecule has 0 unspecified atom stereocenters. The molecular weight excluding hydrogens is 418 g/mol. The summed E-state index contributed by atoms with van der Waals surface area (Å²) in [5.74, 6) is -10.5. The molecule has 27 heavy (non-hydrogen) atoms. The molecule has 0 bridgehead atoms. The summed E-state index contributed by atoms with van der Waals surface area (Å²) in [4.78, 5) is 14.7. The summed E-state index contributed by atoms with van der Waals surface area (Å²) >= 11 is 0.0217. The Balaban J connectivity index is 2.16. The summed E-state index contributed by atoms with van der Waals surface area (Å²) in [5, 5.41) is 10.5. The minimum absolute atomic E-state index is 0.0217. The second-order valence-corrected chi connectivity index (χ2v) is 5.43. The smallest absolute Gasteiger partial charge is 0.504 e. The number of phenols is 1. The van der Waals surface area contributed by atoms with Crippen molar-refractivity contribution in [2.24, 2.45) is 0 Å². The average molecular weight is 423 g/mol. The van der Waals surface area contributed by atoms with Crippen molar-refractivity contribution in [1.29, 1.82) is 0 Å². The molecule has 2 N–H and O–H groups in total. The minimum Gasteiger partial charge on any atom is -0.504 e. The number of aromatic nitrogens is 2. The van der Waals surface area contributed by atoms with Gasteiger partial charge < -0.3 is 9.84 Å². The lowest BCUT2D eigenvalue weighted by Crippen LogP contribution is -2.34. The van der Waals surface area contributed by atoms with Gasteiger partial charge >= 0.3 is 18.5 Å². The van der Waals surface area contributed by atoms with Gasteiger partial charge in [0.05, 0.1) is 0 Å². The van der Waals surface area contributed by atoms with Gasteiger partial charge in [-0.15, -0.1) is 13.2 Å². The number of hydrogen-bond donors (Lipinski definition) is 2. The number of alkyl halides is 8. The Bertz CT molecular complexity index is 849. The first kappa shape index (κ1) is 20.6. The van der Waals surface area contributed by atoms with Crippen molar-refractivity contribution in [3.8, 4) is 11.5 Å². The van der Waals surface area contributed by atoms with Gasteiger partial charge in [0.1, 0.15) is 0 Å². The van der Waals surface area contributed by atoms with Crippen molar-refractivity contribution in [2.45, 2.75) is 18.5 Å². The molecule has 1 aromatic heterocycles. The Morgan fingerprint density at radius 1 is 1.11 bits per heavy atom.